The summed E-state index contributed by atoms with van der Waals surface area (Å²) < 4.78 is 12.2. The highest BCUT2D eigenvalue weighted by molar-refractivity contribution is 5.25. The van der Waals surface area contributed by atoms with Crippen molar-refractivity contribution in [3.05, 3.63) is 66.2 Å². The molecular weight excluding hydrogens is 300 g/mol. The van der Waals surface area contributed by atoms with Crippen LogP contribution in [0.4, 0.5) is 0 Å². The normalized spacial score (nSPS) is 19.0. The standard InChI is InChI=1S/C18H21NO2.C2H7N/c1-19-12-13-20-17(14-19)18(15-8-4-2-5-9-15)21-16-10-6-3-7-11-16;1-3-2/h2-11,17-18H,12-14H2,1H3;3H,1-2H3. The van der Waals surface area contributed by atoms with Crippen LogP contribution in [-0.2, 0) is 4.74 Å². The molecule has 2 atom stereocenters. The first kappa shape index (κ1) is 18.5. The van der Waals surface area contributed by atoms with Crippen LogP contribution < -0.4 is 10.1 Å². The minimum atomic E-state index is -0.0867. The first-order valence-corrected chi connectivity index (χ1v) is 8.40. The molecule has 0 bridgehead atoms. The van der Waals surface area contributed by atoms with Crippen molar-refractivity contribution in [3.8, 4) is 5.75 Å². The summed E-state index contributed by atoms with van der Waals surface area (Å²) in [5, 5.41) is 2.75. The summed E-state index contributed by atoms with van der Waals surface area (Å²) in [7, 11) is 5.88. The second-order valence-corrected chi connectivity index (χ2v) is 5.93. The van der Waals surface area contributed by atoms with Crippen LogP contribution >= 0.6 is 0 Å². The van der Waals surface area contributed by atoms with E-state index >= 15 is 0 Å². The Bertz CT molecular complexity index is 562. The van der Waals surface area contributed by atoms with Crippen molar-refractivity contribution in [2.45, 2.75) is 12.2 Å². The highest BCUT2D eigenvalue weighted by Gasteiger charge is 2.29. The summed E-state index contributed by atoms with van der Waals surface area (Å²) in [6.07, 6.45) is -0.0392. The van der Waals surface area contributed by atoms with Gasteiger partial charge in [-0.1, -0.05) is 48.5 Å². The summed E-state index contributed by atoms with van der Waals surface area (Å²) in [6, 6.07) is 20.3. The molecule has 0 amide bonds. The zero-order valence-corrected chi connectivity index (χ0v) is 14.8. The molecule has 0 aromatic heterocycles. The Morgan fingerprint density at radius 3 is 2.21 bits per heavy atom. The second kappa shape index (κ2) is 10.1. The van der Waals surface area contributed by atoms with E-state index in [0.29, 0.717) is 0 Å². The molecule has 2 aromatic carbocycles. The molecule has 2 aromatic rings. The molecular formula is C20H28N2O2. The van der Waals surface area contributed by atoms with Gasteiger partial charge in [-0.05, 0) is 38.8 Å². The Labute approximate surface area is 145 Å². The molecule has 0 aliphatic carbocycles. The molecule has 4 nitrogen and oxygen atoms in total. The van der Waals surface area contributed by atoms with E-state index in [1.54, 1.807) is 0 Å². The topological polar surface area (TPSA) is 33.7 Å². The van der Waals surface area contributed by atoms with E-state index in [9.17, 15) is 0 Å². The summed E-state index contributed by atoms with van der Waals surface area (Å²) in [6.45, 7) is 2.61. The van der Waals surface area contributed by atoms with E-state index in [1.807, 2.05) is 62.6 Å². The highest BCUT2D eigenvalue weighted by Crippen LogP contribution is 2.28. The lowest BCUT2D eigenvalue weighted by molar-refractivity contribution is -0.0759. The number of ether oxygens (including phenoxy) is 2. The zero-order chi connectivity index (χ0) is 17.2. The van der Waals surface area contributed by atoms with Crippen LogP contribution in [0.15, 0.2) is 60.7 Å². The van der Waals surface area contributed by atoms with Gasteiger partial charge in [0.05, 0.1) is 6.61 Å². The fraction of sp³-hybridized carbons (Fsp3) is 0.400. The molecule has 3 rings (SSSR count). The third-order valence-electron chi connectivity index (χ3n) is 3.77. The summed E-state index contributed by atoms with van der Waals surface area (Å²) in [4.78, 5) is 2.29. The third-order valence-corrected chi connectivity index (χ3v) is 3.77. The lowest BCUT2D eigenvalue weighted by Gasteiger charge is -2.35. The Kier molecular flexibility index (Phi) is 7.75. The molecule has 0 saturated carbocycles. The molecule has 1 aliphatic rings. The second-order valence-electron chi connectivity index (χ2n) is 5.93. The molecule has 0 spiro atoms. The van der Waals surface area contributed by atoms with Crippen molar-refractivity contribution in [2.24, 2.45) is 0 Å². The number of rotatable bonds is 4. The number of hydrogen-bond acceptors (Lipinski definition) is 4. The first-order chi connectivity index (χ1) is 11.7. The molecule has 4 heteroatoms. The van der Waals surface area contributed by atoms with Crippen LogP contribution in [0.3, 0.4) is 0 Å². The summed E-state index contributed by atoms with van der Waals surface area (Å²) in [5.41, 5.74) is 1.15. The molecule has 1 aliphatic heterocycles. The average molecular weight is 328 g/mol. The first-order valence-electron chi connectivity index (χ1n) is 8.40. The largest absolute Gasteiger partial charge is 0.483 e. The van der Waals surface area contributed by atoms with Crippen LogP contribution in [0.2, 0.25) is 0 Å². The van der Waals surface area contributed by atoms with E-state index in [1.165, 1.54) is 0 Å². The summed E-state index contributed by atoms with van der Waals surface area (Å²) >= 11 is 0. The molecule has 130 valence electrons. The van der Waals surface area contributed by atoms with E-state index < -0.39 is 0 Å². The summed E-state index contributed by atoms with van der Waals surface area (Å²) in [5.74, 6) is 0.878. The Morgan fingerprint density at radius 2 is 1.62 bits per heavy atom. The Morgan fingerprint density at radius 1 is 1.04 bits per heavy atom. The quantitative estimate of drug-likeness (QED) is 0.935. The fourth-order valence-electron chi connectivity index (χ4n) is 2.64. The van der Waals surface area contributed by atoms with Gasteiger partial charge in [0.25, 0.3) is 0 Å². The molecule has 1 saturated heterocycles. The van der Waals surface area contributed by atoms with Crippen LogP contribution in [0, 0.1) is 0 Å². The number of likely N-dealkylation sites (N-methyl/N-ethyl adjacent to an activating group) is 1. The van der Waals surface area contributed by atoms with Gasteiger partial charge in [0.1, 0.15) is 11.9 Å². The van der Waals surface area contributed by atoms with Crippen molar-refractivity contribution < 1.29 is 9.47 Å². The molecule has 0 radical (unpaired) electrons. The molecule has 24 heavy (non-hydrogen) atoms. The number of para-hydroxylation sites is 1. The van der Waals surface area contributed by atoms with Crippen LogP contribution in [0.25, 0.3) is 0 Å². The number of nitrogens with zero attached hydrogens (tertiary/aromatic N) is 1. The minimum Gasteiger partial charge on any atom is -0.483 e. The maximum atomic E-state index is 6.24. The SMILES string of the molecule is CN1CCOC(C(Oc2ccccc2)c2ccccc2)C1.CNC. The van der Waals surface area contributed by atoms with Crippen LogP contribution in [0.5, 0.6) is 5.75 Å². The van der Waals surface area contributed by atoms with Gasteiger partial charge in [0.2, 0.25) is 0 Å². The number of benzene rings is 2. The Balaban J connectivity index is 0.000000647. The third kappa shape index (κ3) is 5.64. The van der Waals surface area contributed by atoms with E-state index in [0.717, 1.165) is 31.0 Å². The van der Waals surface area contributed by atoms with Crippen LogP contribution in [0.1, 0.15) is 11.7 Å². The molecule has 1 heterocycles. The predicted molar refractivity (Wildman–Crippen MR) is 98.5 cm³/mol. The zero-order valence-electron chi connectivity index (χ0n) is 14.8. The van der Waals surface area contributed by atoms with E-state index in [4.69, 9.17) is 9.47 Å². The van der Waals surface area contributed by atoms with Crippen molar-refractivity contribution in [1.29, 1.82) is 0 Å². The molecule has 1 fully saturated rings. The van der Waals surface area contributed by atoms with Crippen molar-refractivity contribution in [1.82, 2.24) is 10.2 Å². The van der Waals surface area contributed by atoms with Gasteiger partial charge in [-0.25, -0.2) is 0 Å². The molecule has 2 unspecified atom stereocenters. The number of hydrogen-bond donors (Lipinski definition) is 1. The van der Waals surface area contributed by atoms with Crippen molar-refractivity contribution >= 4 is 0 Å². The lowest BCUT2D eigenvalue weighted by Crippen LogP contribution is -2.44. The Hall–Kier alpha value is -1.88. The smallest absolute Gasteiger partial charge is 0.151 e. The van der Waals surface area contributed by atoms with Crippen molar-refractivity contribution in [2.75, 3.05) is 40.8 Å². The fourth-order valence-corrected chi connectivity index (χ4v) is 2.64. The minimum absolute atomic E-state index is 0.0476. The van der Waals surface area contributed by atoms with E-state index in [-0.39, 0.29) is 12.2 Å². The van der Waals surface area contributed by atoms with E-state index in [2.05, 4.69) is 29.4 Å². The number of morpholine rings is 1. The number of nitrogens with one attached hydrogen (secondary N) is 1. The van der Waals surface area contributed by atoms with Gasteiger partial charge < -0.3 is 19.7 Å². The highest BCUT2D eigenvalue weighted by atomic mass is 16.5. The van der Waals surface area contributed by atoms with Gasteiger partial charge in [-0.2, -0.15) is 0 Å². The lowest BCUT2D eigenvalue weighted by atomic mass is 10.0. The monoisotopic (exact) mass is 328 g/mol. The maximum absolute atomic E-state index is 6.24. The van der Waals surface area contributed by atoms with Gasteiger partial charge in [-0.15, -0.1) is 0 Å². The van der Waals surface area contributed by atoms with Gasteiger partial charge in [-0.3, -0.25) is 0 Å². The van der Waals surface area contributed by atoms with Gasteiger partial charge in [0, 0.05) is 13.1 Å². The maximum Gasteiger partial charge on any atom is 0.151 e. The van der Waals surface area contributed by atoms with Crippen molar-refractivity contribution in [3.63, 3.8) is 0 Å². The van der Waals surface area contributed by atoms with Gasteiger partial charge >= 0.3 is 0 Å². The van der Waals surface area contributed by atoms with Gasteiger partial charge in [0.15, 0.2) is 6.10 Å². The average Bonchev–Trinajstić information content (AvgIpc) is 2.62. The van der Waals surface area contributed by atoms with Crippen LogP contribution in [-0.4, -0.2) is 51.8 Å². The predicted octanol–water partition coefficient (Wildman–Crippen LogP) is 2.97. The molecule has 1 N–H and O–H groups in total.